The highest BCUT2D eigenvalue weighted by molar-refractivity contribution is 5.80. The van der Waals surface area contributed by atoms with Crippen molar-refractivity contribution in [1.29, 1.82) is 0 Å². The van der Waals surface area contributed by atoms with Gasteiger partial charge in [-0.25, -0.2) is 4.39 Å². The molecule has 3 aliphatic rings. The second kappa shape index (κ2) is 7.62. The first kappa shape index (κ1) is 17.9. The van der Waals surface area contributed by atoms with Gasteiger partial charge in [0.05, 0.1) is 19.1 Å². The van der Waals surface area contributed by atoms with Gasteiger partial charge in [-0.2, -0.15) is 0 Å². The van der Waals surface area contributed by atoms with E-state index < -0.39 is 0 Å². The predicted octanol–water partition coefficient (Wildman–Crippen LogP) is 1.91. The zero-order valence-corrected chi connectivity index (χ0v) is 15.2. The topological polar surface area (TPSA) is 42.0 Å². The SMILES string of the molecule is O=C(C1CN(Cc2ccc(F)cc2)CC12CCOCC2)N1CCOCC1. The Morgan fingerprint density at radius 1 is 1.08 bits per heavy atom. The van der Waals surface area contributed by atoms with Gasteiger partial charge in [-0.3, -0.25) is 9.69 Å². The maximum absolute atomic E-state index is 13.3. The van der Waals surface area contributed by atoms with Crippen LogP contribution in [0.4, 0.5) is 4.39 Å². The number of hydrogen-bond acceptors (Lipinski definition) is 4. The summed E-state index contributed by atoms with van der Waals surface area (Å²) in [6, 6.07) is 6.68. The Labute approximate surface area is 154 Å². The van der Waals surface area contributed by atoms with Gasteiger partial charge in [0.25, 0.3) is 0 Å². The summed E-state index contributed by atoms with van der Waals surface area (Å²) in [5.41, 5.74) is 1.10. The van der Waals surface area contributed by atoms with Gasteiger partial charge in [-0.15, -0.1) is 0 Å². The van der Waals surface area contributed by atoms with Crippen molar-refractivity contribution < 1.29 is 18.7 Å². The summed E-state index contributed by atoms with van der Waals surface area (Å²) in [5, 5.41) is 0. The van der Waals surface area contributed by atoms with Gasteiger partial charge < -0.3 is 14.4 Å². The number of benzene rings is 1. The lowest BCUT2D eigenvalue weighted by Gasteiger charge is -2.40. The summed E-state index contributed by atoms with van der Waals surface area (Å²) in [6.07, 6.45) is 1.88. The first-order valence-corrected chi connectivity index (χ1v) is 9.57. The third kappa shape index (κ3) is 3.63. The molecule has 142 valence electrons. The third-order valence-electron chi connectivity index (χ3n) is 6.15. The molecular weight excluding hydrogens is 335 g/mol. The smallest absolute Gasteiger partial charge is 0.227 e. The number of rotatable bonds is 3. The van der Waals surface area contributed by atoms with Gasteiger partial charge in [0.1, 0.15) is 5.82 Å². The zero-order chi connectivity index (χ0) is 18.0. The van der Waals surface area contributed by atoms with E-state index in [1.54, 1.807) is 0 Å². The molecule has 0 N–H and O–H groups in total. The Bertz CT molecular complexity index is 624. The van der Waals surface area contributed by atoms with Crippen LogP contribution in [0.2, 0.25) is 0 Å². The average Bonchev–Trinajstić information content (AvgIpc) is 3.01. The van der Waals surface area contributed by atoms with E-state index in [-0.39, 0.29) is 23.1 Å². The molecule has 1 unspecified atom stereocenters. The van der Waals surface area contributed by atoms with Crippen LogP contribution in [0.1, 0.15) is 18.4 Å². The van der Waals surface area contributed by atoms with Crippen molar-refractivity contribution in [2.45, 2.75) is 19.4 Å². The van der Waals surface area contributed by atoms with Gasteiger partial charge in [0.2, 0.25) is 5.91 Å². The molecule has 0 bridgehead atoms. The third-order valence-corrected chi connectivity index (χ3v) is 6.15. The molecule has 6 heteroatoms. The minimum Gasteiger partial charge on any atom is -0.381 e. The maximum atomic E-state index is 13.3. The first-order valence-electron chi connectivity index (χ1n) is 9.57. The summed E-state index contributed by atoms with van der Waals surface area (Å²) in [4.78, 5) is 17.6. The van der Waals surface area contributed by atoms with Gasteiger partial charge in [-0.05, 0) is 30.5 Å². The lowest BCUT2D eigenvalue weighted by molar-refractivity contribution is -0.144. The first-order chi connectivity index (χ1) is 12.7. The molecule has 1 aromatic carbocycles. The van der Waals surface area contributed by atoms with E-state index in [0.29, 0.717) is 26.3 Å². The number of carbonyl (C=O) groups excluding carboxylic acids is 1. The number of ether oxygens (including phenoxy) is 2. The number of morpholine rings is 1. The normalized spacial score (nSPS) is 26.3. The van der Waals surface area contributed by atoms with Crippen molar-refractivity contribution in [1.82, 2.24) is 9.80 Å². The van der Waals surface area contributed by atoms with Crippen molar-refractivity contribution in [2.75, 3.05) is 52.6 Å². The van der Waals surface area contributed by atoms with Crippen LogP contribution in [0.3, 0.4) is 0 Å². The molecule has 5 nitrogen and oxygen atoms in total. The number of hydrogen-bond donors (Lipinski definition) is 0. The van der Waals surface area contributed by atoms with Crippen molar-refractivity contribution in [3.8, 4) is 0 Å². The monoisotopic (exact) mass is 362 g/mol. The van der Waals surface area contributed by atoms with Crippen molar-refractivity contribution in [2.24, 2.45) is 11.3 Å². The Hall–Kier alpha value is -1.50. The molecule has 1 spiro atoms. The maximum Gasteiger partial charge on any atom is 0.227 e. The van der Waals surface area contributed by atoms with Crippen LogP contribution in [-0.2, 0) is 20.8 Å². The number of nitrogens with zero attached hydrogens (tertiary/aromatic N) is 2. The number of likely N-dealkylation sites (tertiary alicyclic amines) is 1. The van der Waals surface area contributed by atoms with Gasteiger partial charge in [-0.1, -0.05) is 12.1 Å². The summed E-state index contributed by atoms with van der Waals surface area (Å²) in [6.45, 7) is 6.56. The largest absolute Gasteiger partial charge is 0.381 e. The van der Waals surface area contributed by atoms with Gasteiger partial charge in [0, 0.05) is 51.4 Å². The summed E-state index contributed by atoms with van der Waals surface area (Å²) >= 11 is 0. The van der Waals surface area contributed by atoms with Gasteiger partial charge in [0.15, 0.2) is 0 Å². The van der Waals surface area contributed by atoms with Crippen LogP contribution in [0.15, 0.2) is 24.3 Å². The molecule has 1 atom stereocenters. The van der Waals surface area contributed by atoms with E-state index in [0.717, 1.165) is 51.3 Å². The fourth-order valence-corrected chi connectivity index (χ4v) is 4.67. The Morgan fingerprint density at radius 3 is 2.42 bits per heavy atom. The highest BCUT2D eigenvalue weighted by Gasteiger charge is 2.51. The number of amides is 1. The van der Waals surface area contributed by atoms with Crippen LogP contribution in [0, 0.1) is 17.2 Å². The van der Waals surface area contributed by atoms with E-state index in [1.165, 1.54) is 12.1 Å². The number of halogens is 1. The minimum absolute atomic E-state index is 0.00761. The molecule has 1 aromatic rings. The zero-order valence-electron chi connectivity index (χ0n) is 15.2. The van der Waals surface area contributed by atoms with Crippen LogP contribution in [-0.4, -0.2) is 68.3 Å². The fraction of sp³-hybridized carbons (Fsp3) is 0.650. The van der Waals surface area contributed by atoms with E-state index in [2.05, 4.69) is 4.90 Å². The van der Waals surface area contributed by atoms with Crippen LogP contribution in [0.25, 0.3) is 0 Å². The molecule has 0 saturated carbocycles. The number of carbonyl (C=O) groups is 1. The summed E-state index contributed by atoms with van der Waals surface area (Å²) < 4.78 is 24.2. The molecule has 0 radical (unpaired) electrons. The van der Waals surface area contributed by atoms with Crippen molar-refractivity contribution in [3.05, 3.63) is 35.6 Å². The van der Waals surface area contributed by atoms with E-state index in [9.17, 15) is 9.18 Å². The van der Waals surface area contributed by atoms with Crippen molar-refractivity contribution in [3.63, 3.8) is 0 Å². The highest BCUT2D eigenvalue weighted by atomic mass is 19.1. The quantitative estimate of drug-likeness (QED) is 0.824. The molecule has 0 aromatic heterocycles. The van der Waals surface area contributed by atoms with E-state index in [4.69, 9.17) is 9.47 Å². The summed E-state index contributed by atoms with van der Waals surface area (Å²) in [5.74, 6) is 0.0817. The minimum atomic E-state index is -0.212. The fourth-order valence-electron chi connectivity index (χ4n) is 4.67. The van der Waals surface area contributed by atoms with E-state index in [1.807, 2.05) is 17.0 Å². The van der Waals surface area contributed by atoms with Crippen molar-refractivity contribution >= 4 is 5.91 Å². The molecule has 0 aliphatic carbocycles. The van der Waals surface area contributed by atoms with Crippen LogP contribution in [0.5, 0.6) is 0 Å². The lowest BCUT2D eigenvalue weighted by Crippen LogP contribution is -2.49. The van der Waals surface area contributed by atoms with E-state index >= 15 is 0 Å². The molecule has 1 amide bonds. The molecule has 3 fully saturated rings. The van der Waals surface area contributed by atoms with Crippen LogP contribution >= 0.6 is 0 Å². The molecule has 3 heterocycles. The second-order valence-corrected chi connectivity index (χ2v) is 7.76. The predicted molar refractivity (Wildman–Crippen MR) is 95.1 cm³/mol. The molecular formula is C20H27FN2O3. The summed E-state index contributed by atoms with van der Waals surface area (Å²) in [7, 11) is 0. The molecule has 3 saturated heterocycles. The Balaban J connectivity index is 1.50. The lowest BCUT2D eigenvalue weighted by atomic mass is 9.71. The molecule has 26 heavy (non-hydrogen) atoms. The van der Waals surface area contributed by atoms with Gasteiger partial charge >= 0.3 is 0 Å². The second-order valence-electron chi connectivity index (χ2n) is 7.76. The molecule has 4 rings (SSSR count). The Morgan fingerprint density at radius 2 is 1.73 bits per heavy atom. The van der Waals surface area contributed by atoms with Crippen LogP contribution < -0.4 is 0 Å². The average molecular weight is 362 g/mol. The molecule has 3 aliphatic heterocycles. The standard InChI is InChI=1S/C20H27FN2O3/c21-17-3-1-16(2-4-17)13-22-14-18(19(24)23-7-11-26-12-8-23)20(15-22)5-9-25-10-6-20/h1-4,18H,5-15H2. The highest BCUT2D eigenvalue weighted by Crippen LogP contribution is 2.45. The Kier molecular flexibility index (Phi) is 5.25.